The van der Waals surface area contributed by atoms with Crippen LogP contribution in [0.15, 0.2) is 18.2 Å². The molecule has 1 fully saturated rings. The first-order valence-electron chi connectivity index (χ1n) is 6.85. The maximum atomic E-state index is 13.2. The number of amides is 1. The van der Waals surface area contributed by atoms with Gasteiger partial charge >= 0.3 is 0 Å². The van der Waals surface area contributed by atoms with Crippen molar-refractivity contribution in [3.05, 3.63) is 35.1 Å². The molecule has 1 heterocycles. The Kier molecular flexibility index (Phi) is 5.09. The summed E-state index contributed by atoms with van der Waals surface area (Å²) < 4.78 is 18.7. The minimum absolute atomic E-state index is 0.0232. The molecule has 110 valence electrons. The van der Waals surface area contributed by atoms with Crippen LogP contribution in [0.1, 0.15) is 17.5 Å². The topological polar surface area (TPSA) is 49.8 Å². The van der Waals surface area contributed by atoms with E-state index in [9.17, 15) is 9.18 Å². The Hall–Kier alpha value is -1.46. The lowest BCUT2D eigenvalue weighted by atomic mass is 10.0. The van der Waals surface area contributed by atoms with Crippen molar-refractivity contribution in [3.63, 3.8) is 0 Å². The zero-order valence-corrected chi connectivity index (χ0v) is 11.6. The van der Waals surface area contributed by atoms with Crippen LogP contribution >= 0.6 is 0 Å². The number of morpholine rings is 1. The summed E-state index contributed by atoms with van der Waals surface area (Å²) in [5.41, 5.74) is 1.64. The van der Waals surface area contributed by atoms with E-state index in [1.165, 1.54) is 12.1 Å². The minimum Gasteiger partial charge on any atom is -0.396 e. The first-order valence-corrected chi connectivity index (χ1v) is 6.85. The summed E-state index contributed by atoms with van der Waals surface area (Å²) in [4.78, 5) is 14.0. The number of hydrogen-bond acceptors (Lipinski definition) is 3. The molecule has 1 aromatic rings. The lowest BCUT2D eigenvalue weighted by Gasteiger charge is -2.33. The number of carbonyl (C=O) groups is 1. The summed E-state index contributed by atoms with van der Waals surface area (Å²) in [7, 11) is 0. The SMILES string of the molecule is Cc1ccc(F)cc1CC(=O)N1CCO[C@@H](CCO)C1. The van der Waals surface area contributed by atoms with E-state index in [1.807, 2.05) is 6.92 Å². The van der Waals surface area contributed by atoms with Gasteiger partial charge in [-0.2, -0.15) is 0 Å². The molecular weight excluding hydrogens is 261 g/mol. The van der Waals surface area contributed by atoms with Gasteiger partial charge in [-0.05, 0) is 36.6 Å². The van der Waals surface area contributed by atoms with Crippen LogP contribution in [-0.4, -0.2) is 48.3 Å². The summed E-state index contributed by atoms with van der Waals surface area (Å²) in [6, 6.07) is 4.50. The van der Waals surface area contributed by atoms with Crippen LogP contribution in [0.4, 0.5) is 4.39 Å². The highest BCUT2D eigenvalue weighted by Crippen LogP contribution is 2.14. The summed E-state index contributed by atoms with van der Waals surface area (Å²) >= 11 is 0. The first kappa shape index (κ1) is 14.9. The van der Waals surface area contributed by atoms with Crippen LogP contribution in [-0.2, 0) is 16.0 Å². The van der Waals surface area contributed by atoms with E-state index in [-0.39, 0.29) is 30.9 Å². The molecule has 0 bridgehead atoms. The van der Waals surface area contributed by atoms with Crippen LogP contribution < -0.4 is 0 Å². The van der Waals surface area contributed by atoms with Gasteiger partial charge < -0.3 is 14.7 Å². The Morgan fingerprint density at radius 1 is 1.55 bits per heavy atom. The molecule has 0 aromatic heterocycles. The van der Waals surface area contributed by atoms with Gasteiger partial charge in [-0.25, -0.2) is 4.39 Å². The molecule has 20 heavy (non-hydrogen) atoms. The van der Waals surface area contributed by atoms with Crippen molar-refractivity contribution < 1.29 is 19.0 Å². The van der Waals surface area contributed by atoms with Gasteiger partial charge in [0.2, 0.25) is 5.91 Å². The Labute approximate surface area is 118 Å². The largest absolute Gasteiger partial charge is 0.396 e. The number of aliphatic hydroxyl groups excluding tert-OH is 1. The van der Waals surface area contributed by atoms with Gasteiger partial charge in [-0.15, -0.1) is 0 Å². The van der Waals surface area contributed by atoms with Gasteiger partial charge in [0.15, 0.2) is 0 Å². The average molecular weight is 281 g/mol. The predicted octanol–water partition coefficient (Wildman–Crippen LogP) is 1.29. The van der Waals surface area contributed by atoms with Crippen molar-refractivity contribution in [1.29, 1.82) is 0 Å². The molecule has 4 nitrogen and oxygen atoms in total. The molecule has 1 aromatic carbocycles. The molecule has 0 aliphatic carbocycles. The van der Waals surface area contributed by atoms with E-state index in [2.05, 4.69) is 0 Å². The maximum Gasteiger partial charge on any atom is 0.227 e. The van der Waals surface area contributed by atoms with E-state index in [4.69, 9.17) is 9.84 Å². The molecule has 0 spiro atoms. The van der Waals surface area contributed by atoms with E-state index in [0.717, 1.165) is 11.1 Å². The Bertz CT molecular complexity index is 476. The second kappa shape index (κ2) is 6.81. The van der Waals surface area contributed by atoms with Crippen molar-refractivity contribution in [1.82, 2.24) is 4.90 Å². The summed E-state index contributed by atoms with van der Waals surface area (Å²) in [6.45, 7) is 3.45. The highest BCUT2D eigenvalue weighted by molar-refractivity contribution is 5.79. The minimum atomic E-state index is -0.321. The smallest absolute Gasteiger partial charge is 0.227 e. The lowest BCUT2D eigenvalue weighted by molar-refractivity contribution is -0.138. The predicted molar refractivity (Wildman–Crippen MR) is 72.9 cm³/mol. The van der Waals surface area contributed by atoms with Gasteiger partial charge in [-0.1, -0.05) is 6.07 Å². The number of hydrogen-bond donors (Lipinski definition) is 1. The van der Waals surface area contributed by atoms with Gasteiger partial charge in [0.05, 0.1) is 19.1 Å². The number of nitrogens with zero attached hydrogens (tertiary/aromatic N) is 1. The normalized spacial score (nSPS) is 19.1. The fourth-order valence-electron chi connectivity index (χ4n) is 2.37. The number of halogens is 1. The third kappa shape index (κ3) is 3.77. The van der Waals surface area contributed by atoms with Crippen molar-refractivity contribution in [2.24, 2.45) is 0 Å². The second-order valence-corrected chi connectivity index (χ2v) is 5.09. The van der Waals surface area contributed by atoms with Gasteiger partial charge in [0.1, 0.15) is 5.82 Å². The Balaban J connectivity index is 1.99. The maximum absolute atomic E-state index is 13.2. The highest BCUT2D eigenvalue weighted by atomic mass is 19.1. The van der Waals surface area contributed by atoms with E-state index in [1.54, 1.807) is 11.0 Å². The van der Waals surface area contributed by atoms with E-state index in [0.29, 0.717) is 26.1 Å². The molecule has 2 rings (SSSR count). The van der Waals surface area contributed by atoms with Crippen LogP contribution in [0, 0.1) is 12.7 Å². The standard InChI is InChI=1S/C15H20FNO3/c1-11-2-3-13(16)8-12(11)9-15(19)17-5-7-20-14(10-17)4-6-18/h2-3,8,14,18H,4-7,9-10H2,1H3/t14-/m0/s1. The molecule has 0 radical (unpaired) electrons. The van der Waals surface area contributed by atoms with Crippen LogP contribution in [0.5, 0.6) is 0 Å². The third-order valence-electron chi connectivity index (χ3n) is 3.60. The number of aliphatic hydroxyl groups is 1. The first-order chi connectivity index (χ1) is 9.60. The van der Waals surface area contributed by atoms with Crippen molar-refractivity contribution in [2.75, 3.05) is 26.3 Å². The summed E-state index contributed by atoms with van der Waals surface area (Å²) in [5, 5.41) is 8.92. The number of rotatable bonds is 4. The number of benzene rings is 1. The Morgan fingerprint density at radius 3 is 3.10 bits per heavy atom. The van der Waals surface area contributed by atoms with E-state index < -0.39 is 0 Å². The number of aryl methyl sites for hydroxylation is 1. The molecule has 1 amide bonds. The molecule has 1 N–H and O–H groups in total. The summed E-state index contributed by atoms with van der Waals surface area (Å²) in [6.07, 6.45) is 0.629. The van der Waals surface area contributed by atoms with E-state index >= 15 is 0 Å². The number of ether oxygens (including phenoxy) is 1. The van der Waals surface area contributed by atoms with Gasteiger partial charge in [-0.3, -0.25) is 4.79 Å². The molecule has 1 atom stereocenters. The monoisotopic (exact) mass is 281 g/mol. The second-order valence-electron chi connectivity index (χ2n) is 5.09. The van der Waals surface area contributed by atoms with Crippen LogP contribution in [0.2, 0.25) is 0 Å². The molecule has 0 saturated carbocycles. The van der Waals surface area contributed by atoms with Gasteiger partial charge in [0.25, 0.3) is 0 Å². The fourth-order valence-corrected chi connectivity index (χ4v) is 2.37. The molecule has 1 aliphatic rings. The fraction of sp³-hybridized carbons (Fsp3) is 0.533. The molecule has 5 heteroatoms. The van der Waals surface area contributed by atoms with Crippen LogP contribution in [0.3, 0.4) is 0 Å². The summed E-state index contributed by atoms with van der Waals surface area (Å²) in [5.74, 6) is -0.344. The molecule has 0 unspecified atom stereocenters. The third-order valence-corrected chi connectivity index (χ3v) is 3.60. The van der Waals surface area contributed by atoms with Crippen LogP contribution in [0.25, 0.3) is 0 Å². The van der Waals surface area contributed by atoms with Crippen molar-refractivity contribution in [3.8, 4) is 0 Å². The Morgan fingerprint density at radius 2 is 2.35 bits per heavy atom. The zero-order valence-electron chi connectivity index (χ0n) is 11.6. The number of carbonyl (C=O) groups excluding carboxylic acids is 1. The molecule has 1 saturated heterocycles. The zero-order chi connectivity index (χ0) is 14.5. The van der Waals surface area contributed by atoms with Crippen molar-refractivity contribution >= 4 is 5.91 Å². The lowest BCUT2D eigenvalue weighted by Crippen LogP contribution is -2.46. The van der Waals surface area contributed by atoms with Crippen molar-refractivity contribution in [2.45, 2.75) is 25.9 Å². The quantitative estimate of drug-likeness (QED) is 0.904. The molecular formula is C15H20FNO3. The van der Waals surface area contributed by atoms with Gasteiger partial charge in [0, 0.05) is 19.7 Å². The highest BCUT2D eigenvalue weighted by Gasteiger charge is 2.24. The molecule has 1 aliphatic heterocycles. The average Bonchev–Trinajstić information content (AvgIpc) is 2.43.